The van der Waals surface area contributed by atoms with E-state index in [4.69, 9.17) is 39.5 Å². The van der Waals surface area contributed by atoms with Gasteiger partial charge in [0.15, 0.2) is 5.82 Å². The predicted molar refractivity (Wildman–Crippen MR) is 122 cm³/mol. The molecule has 0 amide bonds. The van der Waals surface area contributed by atoms with Gasteiger partial charge in [0.1, 0.15) is 11.9 Å². The predicted octanol–water partition coefficient (Wildman–Crippen LogP) is 6.19. The number of esters is 1. The Bertz CT molecular complexity index is 1090. The molecule has 9 heteroatoms. The number of rotatable bonds is 4. The first-order valence-corrected chi connectivity index (χ1v) is 11.6. The maximum Gasteiger partial charge on any atom is 0.364 e. The fraction of sp³-hybridized carbons (Fsp3) is 0.238. The van der Waals surface area contributed by atoms with E-state index in [1.165, 1.54) is 6.26 Å². The number of carbonyl (C=O) groups is 1. The monoisotopic (exact) mass is 484 g/mol. The first kappa shape index (κ1) is 23.0. The van der Waals surface area contributed by atoms with E-state index in [2.05, 4.69) is 4.98 Å². The molecule has 0 aliphatic heterocycles. The highest BCUT2D eigenvalue weighted by molar-refractivity contribution is 7.90. The third-order valence-corrected chi connectivity index (χ3v) is 5.68. The Hall–Kier alpha value is -1.70. The van der Waals surface area contributed by atoms with Gasteiger partial charge in [-0.05, 0) is 63.2 Å². The molecule has 0 saturated heterocycles. The molecule has 0 saturated carbocycles. The lowest BCUT2D eigenvalue weighted by molar-refractivity contribution is 0.00585. The van der Waals surface area contributed by atoms with Gasteiger partial charge < -0.3 is 9.29 Å². The molecule has 0 N–H and O–H groups in total. The molecule has 1 atom stereocenters. The van der Waals surface area contributed by atoms with E-state index in [0.717, 1.165) is 0 Å². The van der Waals surface area contributed by atoms with Crippen molar-refractivity contribution in [3.05, 3.63) is 63.2 Å². The SMILES string of the molecule is C[S+]([O-])c1c(C(=O)OC(C)(C)C)nc(-c2ccc(Cl)cc2Cl)n1-c1ccc(Cl)cc1. The van der Waals surface area contributed by atoms with Crippen molar-refractivity contribution >= 4 is 51.9 Å². The van der Waals surface area contributed by atoms with Gasteiger partial charge in [0.25, 0.3) is 5.03 Å². The molecule has 0 aliphatic rings. The molecule has 0 spiro atoms. The lowest BCUT2D eigenvalue weighted by Gasteiger charge is -2.19. The van der Waals surface area contributed by atoms with Gasteiger partial charge in [0, 0.05) is 26.8 Å². The first-order chi connectivity index (χ1) is 14.0. The van der Waals surface area contributed by atoms with Crippen LogP contribution in [0.25, 0.3) is 17.1 Å². The van der Waals surface area contributed by atoms with Gasteiger partial charge in [-0.3, -0.25) is 4.57 Å². The second-order valence-corrected chi connectivity index (χ2v) is 10.1. The van der Waals surface area contributed by atoms with Gasteiger partial charge in [-0.25, -0.2) is 9.78 Å². The van der Waals surface area contributed by atoms with E-state index in [-0.39, 0.29) is 10.7 Å². The third-order valence-electron chi connectivity index (χ3n) is 3.96. The molecule has 0 fully saturated rings. The van der Waals surface area contributed by atoms with Crippen molar-refractivity contribution in [1.29, 1.82) is 0 Å². The number of benzene rings is 2. The maximum absolute atomic E-state index is 12.9. The molecule has 158 valence electrons. The summed E-state index contributed by atoms with van der Waals surface area (Å²) in [5.41, 5.74) is 0.360. The number of carbonyl (C=O) groups excluding carboxylic acids is 1. The summed E-state index contributed by atoms with van der Waals surface area (Å²) >= 11 is 16.9. The van der Waals surface area contributed by atoms with Crippen LogP contribution in [0, 0.1) is 0 Å². The number of hydrogen-bond acceptors (Lipinski definition) is 4. The van der Waals surface area contributed by atoms with E-state index in [1.54, 1.807) is 67.8 Å². The third kappa shape index (κ3) is 4.95. The molecule has 0 radical (unpaired) electrons. The number of hydrogen-bond donors (Lipinski definition) is 0. The highest BCUT2D eigenvalue weighted by Crippen LogP contribution is 2.35. The normalized spacial score (nSPS) is 12.7. The van der Waals surface area contributed by atoms with Gasteiger partial charge in [-0.15, -0.1) is 0 Å². The summed E-state index contributed by atoms with van der Waals surface area (Å²) in [6, 6.07) is 11.8. The molecular weight excluding hydrogens is 467 g/mol. The second kappa shape index (κ2) is 8.81. The lowest BCUT2D eigenvalue weighted by Crippen LogP contribution is -2.25. The van der Waals surface area contributed by atoms with Crippen LogP contribution in [0.3, 0.4) is 0 Å². The molecule has 30 heavy (non-hydrogen) atoms. The highest BCUT2D eigenvalue weighted by Gasteiger charge is 2.34. The number of halogens is 3. The molecule has 1 heterocycles. The van der Waals surface area contributed by atoms with Crippen molar-refractivity contribution in [2.75, 3.05) is 6.26 Å². The topological polar surface area (TPSA) is 67.2 Å². The summed E-state index contributed by atoms with van der Waals surface area (Å²) in [6.07, 6.45) is 1.48. The average Bonchev–Trinajstić information content (AvgIpc) is 3.01. The Morgan fingerprint density at radius 2 is 1.67 bits per heavy atom. The van der Waals surface area contributed by atoms with Crippen molar-refractivity contribution < 1.29 is 14.1 Å². The summed E-state index contributed by atoms with van der Waals surface area (Å²) in [7, 11) is 0. The molecule has 1 aromatic heterocycles. The summed E-state index contributed by atoms with van der Waals surface area (Å²) in [4.78, 5) is 17.4. The molecule has 1 unspecified atom stereocenters. The van der Waals surface area contributed by atoms with Crippen molar-refractivity contribution in [3.8, 4) is 17.1 Å². The minimum atomic E-state index is -1.57. The zero-order chi connectivity index (χ0) is 22.2. The Morgan fingerprint density at radius 1 is 1.07 bits per heavy atom. The second-order valence-electron chi connectivity index (χ2n) is 7.48. The van der Waals surface area contributed by atoms with Crippen molar-refractivity contribution in [2.45, 2.75) is 31.4 Å². The van der Waals surface area contributed by atoms with Gasteiger partial charge in [-0.2, -0.15) is 0 Å². The van der Waals surface area contributed by atoms with Crippen LogP contribution in [-0.2, 0) is 15.9 Å². The number of nitrogens with zero attached hydrogens (tertiary/aromatic N) is 2. The fourth-order valence-electron chi connectivity index (χ4n) is 2.81. The van der Waals surface area contributed by atoms with Crippen molar-refractivity contribution in [2.24, 2.45) is 0 Å². The van der Waals surface area contributed by atoms with Gasteiger partial charge >= 0.3 is 5.97 Å². The minimum Gasteiger partial charge on any atom is -0.610 e. The Kier molecular flexibility index (Phi) is 6.75. The van der Waals surface area contributed by atoms with Crippen LogP contribution in [-0.4, -0.2) is 31.9 Å². The smallest absolute Gasteiger partial charge is 0.364 e. The Labute approximate surface area is 193 Å². The molecule has 3 aromatic rings. The zero-order valence-corrected chi connectivity index (χ0v) is 19.8. The van der Waals surface area contributed by atoms with Crippen LogP contribution >= 0.6 is 34.8 Å². The van der Waals surface area contributed by atoms with Gasteiger partial charge in [-0.1, -0.05) is 34.8 Å². The number of ether oxygens (including phenoxy) is 1. The Morgan fingerprint density at radius 3 is 2.20 bits per heavy atom. The summed E-state index contributed by atoms with van der Waals surface area (Å²) in [5, 5.41) is 1.54. The minimum absolute atomic E-state index is 0.0401. The van der Waals surface area contributed by atoms with Crippen LogP contribution < -0.4 is 0 Å². The number of aromatic nitrogens is 2. The zero-order valence-electron chi connectivity index (χ0n) is 16.7. The quantitative estimate of drug-likeness (QED) is 0.326. The van der Waals surface area contributed by atoms with Crippen LogP contribution in [0.15, 0.2) is 47.5 Å². The highest BCUT2D eigenvalue weighted by atomic mass is 35.5. The Balaban J connectivity index is 2.33. The molecule has 3 rings (SSSR count). The van der Waals surface area contributed by atoms with Crippen molar-refractivity contribution in [3.63, 3.8) is 0 Å². The van der Waals surface area contributed by atoms with E-state index in [1.807, 2.05) is 0 Å². The maximum atomic E-state index is 12.9. The number of imidazole rings is 1. The molecule has 2 aromatic carbocycles. The van der Waals surface area contributed by atoms with Crippen LogP contribution in [0.2, 0.25) is 15.1 Å². The fourth-order valence-corrected chi connectivity index (χ4v) is 4.28. The largest absolute Gasteiger partial charge is 0.610 e. The molecule has 5 nitrogen and oxygen atoms in total. The summed E-state index contributed by atoms with van der Waals surface area (Å²) < 4.78 is 19.9. The first-order valence-electron chi connectivity index (χ1n) is 8.89. The van der Waals surface area contributed by atoms with E-state index >= 15 is 0 Å². The van der Waals surface area contributed by atoms with Gasteiger partial charge in [0.2, 0.25) is 5.69 Å². The van der Waals surface area contributed by atoms with Crippen LogP contribution in [0.4, 0.5) is 0 Å². The van der Waals surface area contributed by atoms with Crippen LogP contribution in [0.5, 0.6) is 0 Å². The average molecular weight is 486 g/mol. The standard InChI is InChI=1S/C21H19Cl3N2O3S/c1-21(2,3)29-20(27)17-19(30(4)28)26(14-8-5-12(22)6-9-14)18(25-17)15-10-7-13(23)11-16(15)24/h5-11H,1-4H3. The van der Waals surface area contributed by atoms with Crippen molar-refractivity contribution in [1.82, 2.24) is 9.55 Å². The molecule has 0 bridgehead atoms. The molecular formula is C21H19Cl3N2O3S. The van der Waals surface area contributed by atoms with Crippen LogP contribution in [0.1, 0.15) is 31.3 Å². The van der Waals surface area contributed by atoms with E-state index in [0.29, 0.717) is 32.1 Å². The van der Waals surface area contributed by atoms with Gasteiger partial charge in [0.05, 0.1) is 10.7 Å². The summed E-state index contributed by atoms with van der Waals surface area (Å²) in [6.45, 7) is 5.25. The van der Waals surface area contributed by atoms with E-state index in [9.17, 15) is 9.35 Å². The lowest BCUT2D eigenvalue weighted by atomic mass is 10.2. The molecule has 0 aliphatic carbocycles. The summed E-state index contributed by atoms with van der Waals surface area (Å²) in [5.74, 6) is -0.336. The van der Waals surface area contributed by atoms with E-state index < -0.39 is 22.7 Å².